The van der Waals surface area contributed by atoms with Gasteiger partial charge >= 0.3 is 0 Å². The number of thioether (sulfide) groups is 1. The minimum atomic E-state index is 0.748. The number of hydrogen-bond acceptors (Lipinski definition) is 4. The maximum atomic E-state index is 4.56. The maximum absolute atomic E-state index is 4.56. The van der Waals surface area contributed by atoms with Crippen molar-refractivity contribution >= 4 is 23.1 Å². The van der Waals surface area contributed by atoms with Crippen molar-refractivity contribution in [2.24, 2.45) is 0 Å². The minimum Gasteiger partial charge on any atom is -0.320 e. The van der Waals surface area contributed by atoms with Gasteiger partial charge in [-0.2, -0.15) is 11.8 Å². The fraction of sp³-hybridized carbons (Fsp3) is 0.727. The van der Waals surface area contributed by atoms with Crippen molar-refractivity contribution in [2.45, 2.75) is 25.2 Å². The molecule has 0 radical (unpaired) electrons. The maximum Gasteiger partial charge on any atom is 0.0967 e. The van der Waals surface area contributed by atoms with Gasteiger partial charge < -0.3 is 5.32 Å². The predicted molar refractivity (Wildman–Crippen MR) is 69.0 cm³/mol. The highest BCUT2D eigenvalue weighted by Crippen LogP contribution is 2.34. The van der Waals surface area contributed by atoms with E-state index in [4.69, 9.17) is 0 Å². The first kappa shape index (κ1) is 11.4. The van der Waals surface area contributed by atoms with E-state index in [2.05, 4.69) is 28.3 Å². The molecule has 0 bridgehead atoms. The van der Waals surface area contributed by atoms with E-state index in [0.717, 1.165) is 12.5 Å². The fourth-order valence-corrected chi connectivity index (χ4v) is 4.22. The van der Waals surface area contributed by atoms with Crippen molar-refractivity contribution in [3.63, 3.8) is 0 Å². The van der Waals surface area contributed by atoms with Gasteiger partial charge in [0.1, 0.15) is 0 Å². The lowest BCUT2D eigenvalue weighted by molar-refractivity contribution is 0.729. The van der Waals surface area contributed by atoms with Crippen LogP contribution in [0.1, 0.15) is 28.6 Å². The molecule has 1 aromatic rings. The third kappa shape index (κ3) is 3.20. The van der Waals surface area contributed by atoms with E-state index in [0.29, 0.717) is 0 Å². The number of rotatable bonds is 5. The van der Waals surface area contributed by atoms with E-state index in [1.807, 2.05) is 18.4 Å². The second kappa shape index (κ2) is 5.87. The quantitative estimate of drug-likeness (QED) is 0.803. The lowest BCUT2D eigenvalue weighted by Crippen LogP contribution is -2.07. The van der Waals surface area contributed by atoms with Gasteiger partial charge in [0.25, 0.3) is 0 Å². The van der Waals surface area contributed by atoms with Crippen LogP contribution in [-0.2, 0) is 6.42 Å². The Labute approximate surface area is 99.9 Å². The van der Waals surface area contributed by atoms with Gasteiger partial charge in [-0.1, -0.05) is 0 Å². The molecule has 0 aromatic carbocycles. The van der Waals surface area contributed by atoms with Gasteiger partial charge in [-0.25, -0.2) is 4.98 Å². The van der Waals surface area contributed by atoms with E-state index in [1.54, 1.807) is 0 Å². The molecule has 84 valence electrons. The van der Waals surface area contributed by atoms with Crippen molar-refractivity contribution in [2.75, 3.05) is 25.1 Å². The van der Waals surface area contributed by atoms with Crippen molar-refractivity contribution in [1.82, 2.24) is 10.3 Å². The van der Waals surface area contributed by atoms with Crippen LogP contribution in [0.2, 0.25) is 0 Å². The molecule has 1 aliphatic rings. The van der Waals surface area contributed by atoms with Crippen molar-refractivity contribution < 1.29 is 0 Å². The van der Waals surface area contributed by atoms with Gasteiger partial charge in [0.15, 0.2) is 0 Å². The molecule has 0 saturated carbocycles. The molecule has 1 aromatic heterocycles. The summed E-state index contributed by atoms with van der Waals surface area (Å²) in [4.78, 5) is 6.02. The van der Waals surface area contributed by atoms with Crippen LogP contribution in [0.25, 0.3) is 0 Å². The van der Waals surface area contributed by atoms with Crippen molar-refractivity contribution in [3.8, 4) is 0 Å². The van der Waals surface area contributed by atoms with Crippen LogP contribution >= 0.6 is 23.1 Å². The summed E-state index contributed by atoms with van der Waals surface area (Å²) in [5.74, 6) is 3.35. The number of nitrogens with zero attached hydrogens (tertiary/aromatic N) is 1. The Morgan fingerprint density at radius 3 is 3.27 bits per heavy atom. The molecule has 2 nitrogen and oxygen atoms in total. The average molecular weight is 242 g/mol. The molecule has 1 N–H and O–H groups in total. The Morgan fingerprint density at radius 2 is 2.53 bits per heavy atom. The van der Waals surface area contributed by atoms with Gasteiger partial charge in [-0.3, -0.25) is 0 Å². The third-order valence-electron chi connectivity index (χ3n) is 2.70. The van der Waals surface area contributed by atoms with Crippen molar-refractivity contribution in [1.29, 1.82) is 0 Å². The van der Waals surface area contributed by atoms with E-state index in [-0.39, 0.29) is 0 Å². The summed E-state index contributed by atoms with van der Waals surface area (Å²) in [6, 6.07) is 0. The molecule has 1 atom stereocenters. The molecule has 4 heteroatoms. The molecule has 1 aliphatic heterocycles. The summed E-state index contributed by atoms with van der Waals surface area (Å²) < 4.78 is 0. The molecule has 1 unspecified atom stereocenters. The lowest BCUT2D eigenvalue weighted by Gasteiger charge is -2.01. The van der Waals surface area contributed by atoms with E-state index in [1.165, 1.54) is 40.7 Å². The first-order chi connectivity index (χ1) is 7.40. The molecule has 0 spiro atoms. The van der Waals surface area contributed by atoms with E-state index < -0.39 is 0 Å². The number of aryl methyl sites for hydroxylation is 1. The number of aromatic nitrogens is 1. The van der Waals surface area contributed by atoms with Crippen LogP contribution in [0.3, 0.4) is 0 Å². The monoisotopic (exact) mass is 242 g/mol. The van der Waals surface area contributed by atoms with Crippen LogP contribution in [0.15, 0.2) is 6.20 Å². The third-order valence-corrected chi connectivity index (χ3v) is 5.08. The summed E-state index contributed by atoms with van der Waals surface area (Å²) in [6.07, 6.45) is 5.81. The SMILES string of the molecule is CNCCCc1cnc(C2CCSC2)s1. The summed E-state index contributed by atoms with van der Waals surface area (Å²) in [6.45, 7) is 1.10. The Kier molecular flexibility index (Phi) is 4.47. The number of thiazole rings is 1. The van der Waals surface area contributed by atoms with E-state index in [9.17, 15) is 0 Å². The summed E-state index contributed by atoms with van der Waals surface area (Å²) in [5.41, 5.74) is 0. The van der Waals surface area contributed by atoms with Crippen molar-refractivity contribution in [3.05, 3.63) is 16.1 Å². The Bertz CT molecular complexity index is 293. The summed E-state index contributed by atoms with van der Waals surface area (Å²) >= 11 is 3.99. The fourth-order valence-electron chi connectivity index (χ4n) is 1.80. The molecule has 15 heavy (non-hydrogen) atoms. The number of hydrogen-bond donors (Lipinski definition) is 1. The first-order valence-corrected chi connectivity index (χ1v) is 7.54. The van der Waals surface area contributed by atoms with Gasteiger partial charge in [-0.15, -0.1) is 11.3 Å². The summed E-state index contributed by atoms with van der Waals surface area (Å²) in [7, 11) is 2.01. The zero-order valence-corrected chi connectivity index (χ0v) is 10.8. The molecule has 1 saturated heterocycles. The highest BCUT2D eigenvalue weighted by Gasteiger charge is 2.20. The summed E-state index contributed by atoms with van der Waals surface area (Å²) in [5, 5.41) is 4.56. The van der Waals surface area contributed by atoms with Crippen LogP contribution in [0, 0.1) is 0 Å². The average Bonchev–Trinajstić information content (AvgIpc) is 2.87. The molecule has 1 fully saturated rings. The second-order valence-electron chi connectivity index (χ2n) is 3.93. The number of nitrogens with one attached hydrogen (secondary N) is 1. The van der Waals surface area contributed by atoms with E-state index >= 15 is 0 Å². The van der Waals surface area contributed by atoms with Gasteiger partial charge in [-0.05, 0) is 38.6 Å². The molecule has 2 rings (SSSR count). The minimum absolute atomic E-state index is 0.748. The van der Waals surface area contributed by atoms with Crippen LogP contribution in [-0.4, -0.2) is 30.1 Å². The van der Waals surface area contributed by atoms with Gasteiger partial charge in [0, 0.05) is 22.7 Å². The topological polar surface area (TPSA) is 24.9 Å². The van der Waals surface area contributed by atoms with Gasteiger partial charge in [0.2, 0.25) is 0 Å². The largest absolute Gasteiger partial charge is 0.320 e. The molecule has 2 heterocycles. The Hall–Kier alpha value is -0.0600. The smallest absolute Gasteiger partial charge is 0.0967 e. The molecular formula is C11H18N2S2. The zero-order valence-electron chi connectivity index (χ0n) is 9.16. The molecule has 0 aliphatic carbocycles. The Balaban J connectivity index is 1.86. The van der Waals surface area contributed by atoms with Crippen LogP contribution in [0.5, 0.6) is 0 Å². The van der Waals surface area contributed by atoms with Gasteiger partial charge in [0.05, 0.1) is 5.01 Å². The Morgan fingerprint density at radius 1 is 1.60 bits per heavy atom. The normalized spacial score (nSPS) is 21.0. The first-order valence-electron chi connectivity index (χ1n) is 5.57. The van der Waals surface area contributed by atoms with Crippen LogP contribution in [0.4, 0.5) is 0 Å². The lowest BCUT2D eigenvalue weighted by atomic mass is 10.1. The molecular weight excluding hydrogens is 224 g/mol. The van der Waals surface area contributed by atoms with Crippen LogP contribution < -0.4 is 5.32 Å². The zero-order chi connectivity index (χ0) is 10.5. The highest BCUT2D eigenvalue weighted by atomic mass is 32.2. The highest BCUT2D eigenvalue weighted by molar-refractivity contribution is 7.99. The predicted octanol–water partition coefficient (Wildman–Crippen LogP) is 2.52. The second-order valence-corrected chi connectivity index (χ2v) is 6.23. The standard InChI is InChI=1S/C11H18N2S2/c1-12-5-2-3-10-7-13-11(15-10)9-4-6-14-8-9/h7,9,12H,2-6,8H2,1H3. The molecule has 0 amide bonds.